The van der Waals surface area contributed by atoms with Gasteiger partial charge in [0.15, 0.2) is 0 Å². The maximum Gasteiger partial charge on any atom is 0.122 e. The Labute approximate surface area is 113 Å². The van der Waals surface area contributed by atoms with E-state index in [1.807, 2.05) is 36.4 Å². The van der Waals surface area contributed by atoms with Crippen molar-refractivity contribution < 1.29 is 13.9 Å². The van der Waals surface area contributed by atoms with Crippen molar-refractivity contribution in [3.63, 3.8) is 0 Å². The van der Waals surface area contributed by atoms with Crippen LogP contribution in [0.15, 0.2) is 47.1 Å². The van der Waals surface area contributed by atoms with Gasteiger partial charge in [0.1, 0.15) is 17.3 Å². The fourth-order valence-corrected chi connectivity index (χ4v) is 1.83. The summed E-state index contributed by atoms with van der Waals surface area (Å²) in [5.74, 6) is 2.74. The Balaban J connectivity index is 1.88. The Morgan fingerprint density at radius 2 is 2.05 bits per heavy atom. The molecule has 1 heterocycles. The third-order valence-electron chi connectivity index (χ3n) is 2.93. The fourth-order valence-electron chi connectivity index (χ4n) is 1.83. The lowest BCUT2D eigenvalue weighted by molar-refractivity contribution is 0.244. The van der Waals surface area contributed by atoms with Crippen molar-refractivity contribution >= 4 is 0 Å². The summed E-state index contributed by atoms with van der Waals surface area (Å²) in [4.78, 5) is 0. The SMILES string of the molecule is COc1cccc(OCC(CN)Cc2ccco2)c1. The first-order valence-electron chi connectivity index (χ1n) is 6.31. The van der Waals surface area contributed by atoms with Crippen LogP contribution in [0.25, 0.3) is 0 Å². The van der Waals surface area contributed by atoms with Crippen LogP contribution in [0.2, 0.25) is 0 Å². The molecule has 0 bridgehead atoms. The van der Waals surface area contributed by atoms with E-state index in [1.165, 1.54) is 0 Å². The molecule has 4 heteroatoms. The zero-order valence-electron chi connectivity index (χ0n) is 11.0. The number of ether oxygens (including phenoxy) is 2. The molecule has 1 atom stereocenters. The van der Waals surface area contributed by atoms with Gasteiger partial charge in [-0.3, -0.25) is 0 Å². The molecule has 1 unspecified atom stereocenters. The molecule has 2 aromatic rings. The zero-order valence-corrected chi connectivity index (χ0v) is 11.0. The molecular formula is C15H19NO3. The first-order chi connectivity index (χ1) is 9.31. The highest BCUT2D eigenvalue weighted by molar-refractivity contribution is 5.32. The first-order valence-corrected chi connectivity index (χ1v) is 6.31. The predicted octanol–water partition coefficient (Wildman–Crippen LogP) is 2.48. The molecule has 0 aliphatic carbocycles. The van der Waals surface area contributed by atoms with Gasteiger partial charge in [-0.2, -0.15) is 0 Å². The molecule has 0 aliphatic rings. The number of methoxy groups -OCH3 is 1. The van der Waals surface area contributed by atoms with Crippen LogP contribution < -0.4 is 15.2 Å². The highest BCUT2D eigenvalue weighted by atomic mass is 16.5. The van der Waals surface area contributed by atoms with Crippen LogP contribution in [-0.4, -0.2) is 20.3 Å². The molecule has 2 N–H and O–H groups in total. The van der Waals surface area contributed by atoms with Crippen LogP contribution in [0, 0.1) is 5.92 Å². The van der Waals surface area contributed by atoms with Gasteiger partial charge < -0.3 is 19.6 Å². The van der Waals surface area contributed by atoms with Gasteiger partial charge in [0, 0.05) is 18.4 Å². The normalized spacial score (nSPS) is 12.1. The van der Waals surface area contributed by atoms with E-state index in [0.717, 1.165) is 23.7 Å². The maximum atomic E-state index is 5.76. The molecule has 2 rings (SSSR count). The lowest BCUT2D eigenvalue weighted by Gasteiger charge is -2.15. The number of benzene rings is 1. The fraction of sp³-hybridized carbons (Fsp3) is 0.333. The molecular weight excluding hydrogens is 242 g/mol. The van der Waals surface area contributed by atoms with Gasteiger partial charge in [-0.15, -0.1) is 0 Å². The average Bonchev–Trinajstić information content (AvgIpc) is 2.96. The minimum Gasteiger partial charge on any atom is -0.497 e. The van der Waals surface area contributed by atoms with Crippen molar-refractivity contribution in [3.8, 4) is 11.5 Å². The summed E-state index contributed by atoms with van der Waals surface area (Å²) in [5, 5.41) is 0. The van der Waals surface area contributed by atoms with Crippen molar-refractivity contribution in [1.82, 2.24) is 0 Å². The Morgan fingerprint density at radius 1 is 1.21 bits per heavy atom. The summed E-state index contributed by atoms with van der Waals surface area (Å²) in [6, 6.07) is 11.4. The lowest BCUT2D eigenvalue weighted by Crippen LogP contribution is -2.23. The molecule has 102 valence electrons. The van der Waals surface area contributed by atoms with Crippen molar-refractivity contribution in [2.75, 3.05) is 20.3 Å². The van der Waals surface area contributed by atoms with Crippen LogP contribution in [0.1, 0.15) is 5.76 Å². The van der Waals surface area contributed by atoms with Crippen molar-refractivity contribution in [1.29, 1.82) is 0 Å². The summed E-state index contributed by atoms with van der Waals surface area (Å²) in [6.07, 6.45) is 2.46. The van der Waals surface area contributed by atoms with Crippen LogP contribution in [0.3, 0.4) is 0 Å². The number of furan rings is 1. The van der Waals surface area contributed by atoms with Gasteiger partial charge >= 0.3 is 0 Å². The molecule has 1 aromatic carbocycles. The smallest absolute Gasteiger partial charge is 0.122 e. The second kappa shape index (κ2) is 6.85. The third-order valence-corrected chi connectivity index (χ3v) is 2.93. The Kier molecular flexibility index (Phi) is 4.86. The monoisotopic (exact) mass is 261 g/mol. The van der Waals surface area contributed by atoms with Gasteiger partial charge in [0.05, 0.1) is 20.0 Å². The molecule has 0 saturated heterocycles. The summed E-state index contributed by atoms with van der Waals surface area (Å²) in [6.45, 7) is 1.12. The Bertz CT molecular complexity index is 482. The van der Waals surface area contributed by atoms with Crippen molar-refractivity contribution in [2.45, 2.75) is 6.42 Å². The van der Waals surface area contributed by atoms with Crippen molar-refractivity contribution in [2.24, 2.45) is 11.7 Å². The summed E-state index contributed by atoms with van der Waals surface area (Å²) in [5.41, 5.74) is 5.76. The maximum absolute atomic E-state index is 5.76. The predicted molar refractivity (Wildman–Crippen MR) is 73.4 cm³/mol. The quantitative estimate of drug-likeness (QED) is 0.832. The van der Waals surface area contributed by atoms with E-state index >= 15 is 0 Å². The van der Waals surface area contributed by atoms with E-state index in [0.29, 0.717) is 13.2 Å². The summed E-state index contributed by atoms with van der Waals surface area (Å²) in [7, 11) is 1.64. The zero-order chi connectivity index (χ0) is 13.5. The molecule has 0 saturated carbocycles. The molecule has 0 aliphatic heterocycles. The lowest BCUT2D eigenvalue weighted by atomic mass is 10.1. The third kappa shape index (κ3) is 4.03. The Morgan fingerprint density at radius 3 is 2.74 bits per heavy atom. The molecule has 19 heavy (non-hydrogen) atoms. The standard InChI is InChI=1S/C15H19NO3/c1-17-13-4-2-5-15(9-13)19-11-12(10-16)8-14-6-3-7-18-14/h2-7,9,12H,8,10-11,16H2,1H3. The minimum absolute atomic E-state index is 0.234. The van der Waals surface area contributed by atoms with Crippen LogP contribution in [0.5, 0.6) is 11.5 Å². The minimum atomic E-state index is 0.234. The van der Waals surface area contributed by atoms with E-state index in [1.54, 1.807) is 13.4 Å². The Hall–Kier alpha value is -1.94. The molecule has 0 fully saturated rings. The van der Waals surface area contributed by atoms with Gasteiger partial charge in [-0.1, -0.05) is 6.07 Å². The molecule has 0 radical (unpaired) electrons. The average molecular weight is 261 g/mol. The van der Waals surface area contributed by atoms with Gasteiger partial charge in [0.2, 0.25) is 0 Å². The number of hydrogen-bond donors (Lipinski definition) is 1. The van der Waals surface area contributed by atoms with Gasteiger partial charge in [-0.05, 0) is 30.8 Å². The van der Waals surface area contributed by atoms with Crippen LogP contribution >= 0.6 is 0 Å². The van der Waals surface area contributed by atoms with Gasteiger partial charge in [-0.25, -0.2) is 0 Å². The van der Waals surface area contributed by atoms with Crippen LogP contribution in [0.4, 0.5) is 0 Å². The molecule has 4 nitrogen and oxygen atoms in total. The first kappa shape index (κ1) is 13.5. The van der Waals surface area contributed by atoms with Crippen LogP contribution in [-0.2, 0) is 6.42 Å². The highest BCUT2D eigenvalue weighted by Gasteiger charge is 2.11. The van der Waals surface area contributed by atoms with Gasteiger partial charge in [0.25, 0.3) is 0 Å². The van der Waals surface area contributed by atoms with E-state index in [9.17, 15) is 0 Å². The number of hydrogen-bond acceptors (Lipinski definition) is 4. The summed E-state index contributed by atoms with van der Waals surface area (Å²) < 4.78 is 16.2. The molecule has 0 amide bonds. The molecule has 1 aromatic heterocycles. The number of nitrogens with two attached hydrogens (primary N) is 1. The number of rotatable bonds is 7. The largest absolute Gasteiger partial charge is 0.497 e. The molecule has 0 spiro atoms. The van der Waals surface area contributed by atoms with E-state index in [4.69, 9.17) is 19.6 Å². The topological polar surface area (TPSA) is 57.6 Å². The second-order valence-corrected chi connectivity index (χ2v) is 4.38. The van der Waals surface area contributed by atoms with Crippen molar-refractivity contribution in [3.05, 3.63) is 48.4 Å². The van der Waals surface area contributed by atoms with E-state index in [-0.39, 0.29) is 5.92 Å². The highest BCUT2D eigenvalue weighted by Crippen LogP contribution is 2.20. The van der Waals surface area contributed by atoms with E-state index < -0.39 is 0 Å². The summed E-state index contributed by atoms with van der Waals surface area (Å²) >= 11 is 0. The van der Waals surface area contributed by atoms with E-state index in [2.05, 4.69) is 0 Å². The second-order valence-electron chi connectivity index (χ2n) is 4.38.